The normalized spacial score (nSPS) is 23.7. The molecule has 2 saturated carbocycles. The van der Waals surface area contributed by atoms with Gasteiger partial charge in [-0.25, -0.2) is 17.6 Å². The van der Waals surface area contributed by atoms with Gasteiger partial charge in [-0.05, 0) is 93.0 Å². The van der Waals surface area contributed by atoms with Crippen LogP contribution in [0.3, 0.4) is 0 Å². The predicted octanol–water partition coefficient (Wildman–Crippen LogP) is 7.30. The summed E-state index contributed by atoms with van der Waals surface area (Å²) in [5, 5.41) is 0. The van der Waals surface area contributed by atoms with Gasteiger partial charge in [-0.2, -0.15) is 0 Å². The summed E-state index contributed by atoms with van der Waals surface area (Å²) in [5.74, 6) is 2.18. The van der Waals surface area contributed by atoms with Crippen molar-refractivity contribution in [1.82, 2.24) is 0 Å². The van der Waals surface area contributed by atoms with Crippen molar-refractivity contribution < 1.29 is 27.0 Å². The SMILES string of the molecule is C=CCOc1c(F)cc(C#Cc2c(F)cc(C3CCC4CC(OCC)CCC4C3)cc2F)cc1F. The molecule has 4 rings (SSSR count). The van der Waals surface area contributed by atoms with E-state index in [0.717, 1.165) is 57.3 Å². The first-order valence-electron chi connectivity index (χ1n) is 12.2. The van der Waals surface area contributed by atoms with E-state index in [0.29, 0.717) is 23.5 Å². The Labute approximate surface area is 204 Å². The molecular formula is C29H30F4O2. The number of ether oxygens (including phenoxy) is 2. The van der Waals surface area contributed by atoms with Crippen LogP contribution in [0.15, 0.2) is 36.9 Å². The molecule has 2 aromatic carbocycles. The van der Waals surface area contributed by atoms with Gasteiger partial charge in [-0.3, -0.25) is 0 Å². The molecular weight excluding hydrogens is 456 g/mol. The number of hydrogen-bond donors (Lipinski definition) is 0. The summed E-state index contributed by atoms with van der Waals surface area (Å²) in [5.41, 5.74) is 0.194. The van der Waals surface area contributed by atoms with Crippen LogP contribution in [-0.2, 0) is 4.74 Å². The first-order chi connectivity index (χ1) is 16.9. The smallest absolute Gasteiger partial charge is 0.191 e. The number of rotatable bonds is 6. The molecule has 0 heterocycles. The molecule has 0 aromatic heterocycles. The standard InChI is InChI=1S/C29H30F4O2/c1-3-11-35-29-27(32)12-18(13-28(29)33)5-10-24-25(30)16-22(17-26(24)31)20-6-7-21-15-23(34-4-2)9-8-19(21)14-20/h3,12-13,16-17,19-21,23H,1,4,6-9,11,14-15H2,2H3. The maximum absolute atomic E-state index is 14.9. The van der Waals surface area contributed by atoms with Gasteiger partial charge in [-0.1, -0.05) is 24.5 Å². The number of benzene rings is 2. The Morgan fingerprint density at radius 1 is 0.886 bits per heavy atom. The summed E-state index contributed by atoms with van der Waals surface area (Å²) in [6.07, 6.45) is 7.75. The number of fused-ring (bicyclic) bond motifs is 1. The van der Waals surface area contributed by atoms with Crippen LogP contribution in [0.25, 0.3) is 0 Å². The Balaban J connectivity index is 1.48. The van der Waals surface area contributed by atoms with Gasteiger partial charge < -0.3 is 9.47 Å². The largest absolute Gasteiger partial charge is 0.483 e. The van der Waals surface area contributed by atoms with Crippen molar-refractivity contribution in [3.8, 4) is 17.6 Å². The molecule has 2 fully saturated rings. The monoisotopic (exact) mass is 486 g/mol. The van der Waals surface area contributed by atoms with Crippen LogP contribution in [-0.4, -0.2) is 19.3 Å². The van der Waals surface area contributed by atoms with E-state index in [9.17, 15) is 17.6 Å². The Bertz CT molecular complexity index is 1090. The minimum atomic E-state index is -0.946. The highest BCUT2D eigenvalue weighted by Crippen LogP contribution is 2.47. The lowest BCUT2D eigenvalue weighted by atomic mass is 9.65. The lowest BCUT2D eigenvalue weighted by molar-refractivity contribution is -0.00957. The third-order valence-corrected chi connectivity index (χ3v) is 7.18. The second-order valence-electron chi connectivity index (χ2n) is 9.40. The van der Waals surface area contributed by atoms with Gasteiger partial charge in [0, 0.05) is 12.2 Å². The fourth-order valence-electron chi connectivity index (χ4n) is 5.53. The molecule has 2 aliphatic carbocycles. The molecule has 0 radical (unpaired) electrons. The molecule has 0 aliphatic heterocycles. The number of hydrogen-bond acceptors (Lipinski definition) is 2. The zero-order valence-corrected chi connectivity index (χ0v) is 19.9. The summed E-state index contributed by atoms with van der Waals surface area (Å²) in [6, 6.07) is 4.66. The molecule has 4 unspecified atom stereocenters. The topological polar surface area (TPSA) is 18.5 Å². The van der Waals surface area contributed by atoms with E-state index in [-0.39, 0.29) is 18.1 Å². The van der Waals surface area contributed by atoms with Gasteiger partial charge >= 0.3 is 0 Å². The first-order valence-corrected chi connectivity index (χ1v) is 12.2. The molecule has 2 nitrogen and oxygen atoms in total. The maximum Gasteiger partial charge on any atom is 0.191 e. The first kappa shape index (κ1) is 25.3. The van der Waals surface area contributed by atoms with E-state index in [4.69, 9.17) is 9.47 Å². The molecule has 2 aliphatic rings. The van der Waals surface area contributed by atoms with Crippen molar-refractivity contribution >= 4 is 0 Å². The van der Waals surface area contributed by atoms with E-state index < -0.39 is 34.6 Å². The molecule has 4 atom stereocenters. The fourth-order valence-corrected chi connectivity index (χ4v) is 5.53. The van der Waals surface area contributed by atoms with Crippen LogP contribution in [0.1, 0.15) is 68.1 Å². The predicted molar refractivity (Wildman–Crippen MR) is 127 cm³/mol. The quantitative estimate of drug-likeness (QED) is 0.242. The highest BCUT2D eigenvalue weighted by atomic mass is 19.1. The zero-order chi connectivity index (χ0) is 24.9. The van der Waals surface area contributed by atoms with Crippen molar-refractivity contribution in [2.45, 2.75) is 57.5 Å². The van der Waals surface area contributed by atoms with E-state index in [1.54, 1.807) is 0 Å². The molecule has 2 aromatic rings. The minimum absolute atomic E-state index is 0.0465. The third kappa shape index (κ3) is 5.90. The summed E-state index contributed by atoms with van der Waals surface area (Å²) in [6.45, 7) is 6.12. The third-order valence-electron chi connectivity index (χ3n) is 7.18. The average Bonchev–Trinajstić information content (AvgIpc) is 2.83. The number of halogens is 4. The molecule has 0 saturated heterocycles. The average molecular weight is 487 g/mol. The van der Waals surface area contributed by atoms with E-state index in [1.807, 2.05) is 6.92 Å². The van der Waals surface area contributed by atoms with Crippen molar-refractivity contribution in [3.63, 3.8) is 0 Å². The van der Waals surface area contributed by atoms with Gasteiger partial charge in [0.1, 0.15) is 18.2 Å². The molecule has 35 heavy (non-hydrogen) atoms. The van der Waals surface area contributed by atoms with Crippen LogP contribution in [0, 0.1) is 46.9 Å². The van der Waals surface area contributed by atoms with Gasteiger partial charge in [-0.15, -0.1) is 0 Å². The van der Waals surface area contributed by atoms with E-state index in [2.05, 4.69) is 18.4 Å². The lowest BCUT2D eigenvalue weighted by Crippen LogP contribution is -2.33. The summed E-state index contributed by atoms with van der Waals surface area (Å²) in [4.78, 5) is 0. The van der Waals surface area contributed by atoms with Crippen LogP contribution in [0.5, 0.6) is 5.75 Å². The Morgan fingerprint density at radius 3 is 2.20 bits per heavy atom. The second kappa shape index (κ2) is 11.3. The van der Waals surface area contributed by atoms with E-state index >= 15 is 0 Å². The molecule has 0 spiro atoms. The van der Waals surface area contributed by atoms with Crippen LogP contribution in [0.2, 0.25) is 0 Å². The summed E-state index contributed by atoms with van der Waals surface area (Å²) < 4.78 is 68.8. The lowest BCUT2D eigenvalue weighted by Gasteiger charge is -2.42. The van der Waals surface area contributed by atoms with Gasteiger partial charge in [0.05, 0.1) is 11.7 Å². The van der Waals surface area contributed by atoms with Gasteiger partial charge in [0.15, 0.2) is 17.4 Å². The minimum Gasteiger partial charge on any atom is -0.483 e. The highest BCUT2D eigenvalue weighted by Gasteiger charge is 2.36. The van der Waals surface area contributed by atoms with Crippen LogP contribution < -0.4 is 4.74 Å². The van der Waals surface area contributed by atoms with Crippen molar-refractivity contribution in [3.05, 3.63) is 76.9 Å². The Kier molecular flexibility index (Phi) is 8.18. The van der Waals surface area contributed by atoms with Gasteiger partial charge in [0.25, 0.3) is 0 Å². The second-order valence-corrected chi connectivity index (χ2v) is 9.40. The van der Waals surface area contributed by atoms with Crippen molar-refractivity contribution in [1.29, 1.82) is 0 Å². The van der Waals surface area contributed by atoms with Crippen LogP contribution >= 0.6 is 0 Å². The maximum atomic E-state index is 14.9. The zero-order valence-electron chi connectivity index (χ0n) is 19.9. The molecule has 6 heteroatoms. The molecule has 0 amide bonds. The van der Waals surface area contributed by atoms with Gasteiger partial charge in [0.2, 0.25) is 0 Å². The summed E-state index contributed by atoms with van der Waals surface area (Å²) >= 11 is 0. The fraction of sp³-hybridized carbons (Fsp3) is 0.448. The van der Waals surface area contributed by atoms with Crippen molar-refractivity contribution in [2.75, 3.05) is 13.2 Å². The molecule has 0 N–H and O–H groups in total. The molecule has 186 valence electrons. The Hall–Kier alpha value is -2.78. The summed E-state index contributed by atoms with van der Waals surface area (Å²) in [7, 11) is 0. The highest BCUT2D eigenvalue weighted by molar-refractivity contribution is 5.47. The van der Waals surface area contributed by atoms with E-state index in [1.165, 1.54) is 18.2 Å². The Morgan fingerprint density at radius 2 is 1.54 bits per heavy atom. The molecule has 0 bridgehead atoms. The van der Waals surface area contributed by atoms with Crippen molar-refractivity contribution in [2.24, 2.45) is 11.8 Å². The van der Waals surface area contributed by atoms with Crippen LogP contribution in [0.4, 0.5) is 17.6 Å².